The summed E-state index contributed by atoms with van der Waals surface area (Å²) >= 11 is 0. The van der Waals surface area contributed by atoms with E-state index in [1.54, 1.807) is 0 Å². The molecule has 0 aromatic heterocycles. The van der Waals surface area contributed by atoms with Crippen LogP contribution in [0.1, 0.15) is 22.3 Å². The predicted octanol–water partition coefficient (Wildman–Crippen LogP) is 6.44. The van der Waals surface area contributed by atoms with Crippen LogP contribution >= 0.6 is 0 Å². The molecule has 2 aromatic carbocycles. The lowest BCUT2D eigenvalue weighted by Gasteiger charge is -2.26. The molecule has 1 heterocycles. The first-order valence-corrected chi connectivity index (χ1v) is 10.3. The first-order chi connectivity index (χ1) is 14.8. The van der Waals surface area contributed by atoms with Gasteiger partial charge in [0.05, 0.1) is 5.56 Å². The Bertz CT molecular complexity index is 1060. The van der Waals surface area contributed by atoms with Gasteiger partial charge in [-0.1, -0.05) is 55.2 Å². The maximum atomic E-state index is 13.0. The molecule has 0 fully saturated rings. The molecule has 2 aliphatic rings. The number of fused-ring (bicyclic) bond motifs is 1. The molecule has 0 saturated heterocycles. The summed E-state index contributed by atoms with van der Waals surface area (Å²) in [6, 6.07) is 11.7. The number of nitrogens with one attached hydrogen (secondary N) is 1. The average Bonchev–Trinajstić information content (AvgIpc) is 2.99. The van der Waals surface area contributed by atoms with Gasteiger partial charge >= 0.3 is 6.18 Å². The number of nitrogens with zero attached hydrogens (tertiary/aromatic N) is 1. The summed E-state index contributed by atoms with van der Waals surface area (Å²) in [5.74, 6) is -0.172. The fourth-order valence-electron chi connectivity index (χ4n) is 4.07. The zero-order chi connectivity index (χ0) is 22.0. The fraction of sp³-hybridized carbons (Fsp3) is 0.231. The standard InChI is InChI=1S/C26H25F3N2/c1-18(30-23-13-10-21-17-31(2)15-14-20(21)16-23)24-6-4-3-5-7-25(24)19-8-11-22(12-9-19)26(27,28)29/h3-13,16,24,30H,1,14-15,17H2,2H3. The van der Waals surface area contributed by atoms with Gasteiger partial charge in [0.2, 0.25) is 0 Å². The number of hydrogen-bond acceptors (Lipinski definition) is 2. The number of hydrogen-bond donors (Lipinski definition) is 1. The van der Waals surface area contributed by atoms with Crippen LogP contribution in [-0.2, 0) is 19.1 Å². The van der Waals surface area contributed by atoms with Gasteiger partial charge in [0, 0.05) is 30.4 Å². The van der Waals surface area contributed by atoms with E-state index in [1.807, 2.05) is 30.4 Å². The summed E-state index contributed by atoms with van der Waals surface area (Å²) in [7, 11) is 2.12. The molecule has 0 bridgehead atoms. The maximum Gasteiger partial charge on any atom is 0.416 e. The first-order valence-electron chi connectivity index (χ1n) is 10.3. The van der Waals surface area contributed by atoms with Crippen LogP contribution < -0.4 is 5.32 Å². The Kier molecular flexibility index (Phi) is 5.88. The van der Waals surface area contributed by atoms with E-state index in [4.69, 9.17) is 0 Å². The van der Waals surface area contributed by atoms with Gasteiger partial charge < -0.3 is 10.2 Å². The van der Waals surface area contributed by atoms with E-state index in [9.17, 15) is 13.2 Å². The van der Waals surface area contributed by atoms with Crippen molar-refractivity contribution in [3.63, 3.8) is 0 Å². The van der Waals surface area contributed by atoms with Crippen molar-refractivity contribution in [1.82, 2.24) is 4.90 Å². The summed E-state index contributed by atoms with van der Waals surface area (Å²) in [6.45, 7) is 6.24. The summed E-state index contributed by atoms with van der Waals surface area (Å²) in [5, 5.41) is 3.43. The van der Waals surface area contributed by atoms with E-state index in [0.29, 0.717) is 0 Å². The molecular weight excluding hydrogens is 397 g/mol. The van der Waals surface area contributed by atoms with Crippen LogP contribution in [-0.4, -0.2) is 18.5 Å². The Morgan fingerprint density at radius 2 is 1.81 bits per heavy atom. The van der Waals surface area contributed by atoms with Crippen molar-refractivity contribution in [3.8, 4) is 0 Å². The SMILES string of the molecule is C=C(Nc1ccc2c(c1)CCN(C)C2)C1C=CC=CC=C1c1ccc(C(F)(F)F)cc1. The number of alkyl halides is 3. The van der Waals surface area contributed by atoms with Crippen LogP contribution in [0.3, 0.4) is 0 Å². The molecule has 0 saturated carbocycles. The highest BCUT2D eigenvalue weighted by atomic mass is 19.4. The second-order valence-corrected chi connectivity index (χ2v) is 8.07. The highest BCUT2D eigenvalue weighted by molar-refractivity contribution is 5.75. The van der Waals surface area contributed by atoms with Crippen LogP contribution in [0, 0.1) is 5.92 Å². The van der Waals surface area contributed by atoms with Crippen molar-refractivity contribution in [2.75, 3.05) is 18.9 Å². The monoisotopic (exact) mass is 422 g/mol. The maximum absolute atomic E-state index is 13.0. The molecule has 0 amide bonds. The Morgan fingerprint density at radius 1 is 1.03 bits per heavy atom. The molecule has 1 aliphatic heterocycles. The van der Waals surface area contributed by atoms with E-state index in [2.05, 4.69) is 42.0 Å². The minimum atomic E-state index is -4.35. The number of rotatable bonds is 4. The van der Waals surface area contributed by atoms with Crippen LogP contribution in [0.15, 0.2) is 85.1 Å². The number of allylic oxidation sites excluding steroid dienone is 5. The van der Waals surface area contributed by atoms with Crippen molar-refractivity contribution < 1.29 is 13.2 Å². The highest BCUT2D eigenvalue weighted by Crippen LogP contribution is 2.35. The van der Waals surface area contributed by atoms with E-state index in [1.165, 1.54) is 23.3 Å². The van der Waals surface area contributed by atoms with Crippen LogP contribution in [0.5, 0.6) is 0 Å². The van der Waals surface area contributed by atoms with Crippen LogP contribution in [0.25, 0.3) is 5.57 Å². The van der Waals surface area contributed by atoms with Gasteiger partial charge in [-0.05, 0) is 60.0 Å². The zero-order valence-electron chi connectivity index (χ0n) is 17.4. The number of anilines is 1. The van der Waals surface area contributed by atoms with E-state index >= 15 is 0 Å². The molecule has 1 unspecified atom stereocenters. The van der Waals surface area contributed by atoms with E-state index in [-0.39, 0.29) is 5.92 Å². The van der Waals surface area contributed by atoms with E-state index < -0.39 is 11.7 Å². The summed E-state index contributed by atoms with van der Waals surface area (Å²) in [4.78, 5) is 2.30. The molecule has 2 nitrogen and oxygen atoms in total. The van der Waals surface area contributed by atoms with Crippen molar-refractivity contribution in [3.05, 3.63) is 107 Å². The molecule has 160 valence electrons. The molecule has 0 radical (unpaired) electrons. The van der Waals surface area contributed by atoms with Crippen LogP contribution in [0.2, 0.25) is 0 Å². The molecule has 5 heteroatoms. The Balaban J connectivity index is 1.56. The lowest BCUT2D eigenvalue weighted by Crippen LogP contribution is -2.26. The minimum absolute atomic E-state index is 0.172. The zero-order valence-corrected chi connectivity index (χ0v) is 17.4. The smallest absolute Gasteiger partial charge is 0.359 e. The van der Waals surface area contributed by atoms with Gasteiger partial charge in [-0.2, -0.15) is 13.2 Å². The number of benzene rings is 2. The molecule has 2 aromatic rings. The van der Waals surface area contributed by atoms with Crippen molar-refractivity contribution in [2.45, 2.75) is 19.1 Å². The molecule has 31 heavy (non-hydrogen) atoms. The minimum Gasteiger partial charge on any atom is -0.359 e. The Morgan fingerprint density at radius 3 is 2.55 bits per heavy atom. The Labute approximate surface area is 181 Å². The van der Waals surface area contributed by atoms with Gasteiger partial charge in [-0.3, -0.25) is 0 Å². The van der Waals surface area contributed by atoms with Crippen molar-refractivity contribution >= 4 is 11.3 Å². The van der Waals surface area contributed by atoms with Gasteiger partial charge in [-0.15, -0.1) is 0 Å². The van der Waals surface area contributed by atoms with Gasteiger partial charge in [0.25, 0.3) is 0 Å². The number of halogens is 3. The first kappa shape index (κ1) is 21.2. The van der Waals surface area contributed by atoms with Crippen molar-refractivity contribution in [1.29, 1.82) is 0 Å². The summed E-state index contributed by atoms with van der Waals surface area (Å²) in [5.41, 5.74) is 5.43. The normalized spacial score (nSPS) is 18.8. The third-order valence-corrected chi connectivity index (χ3v) is 5.77. The lowest BCUT2D eigenvalue weighted by molar-refractivity contribution is -0.137. The topological polar surface area (TPSA) is 15.3 Å². The van der Waals surface area contributed by atoms with Crippen LogP contribution in [0.4, 0.5) is 18.9 Å². The molecule has 1 aliphatic carbocycles. The largest absolute Gasteiger partial charge is 0.416 e. The third-order valence-electron chi connectivity index (χ3n) is 5.77. The molecule has 1 atom stereocenters. The predicted molar refractivity (Wildman–Crippen MR) is 120 cm³/mol. The molecule has 1 N–H and O–H groups in total. The second kappa shape index (κ2) is 8.60. The molecular formula is C26H25F3N2. The Hall–Kier alpha value is -3.05. The number of likely N-dealkylation sites (N-methyl/N-ethyl adjacent to an activating group) is 1. The summed E-state index contributed by atoms with van der Waals surface area (Å²) in [6.07, 6.45) is 6.35. The van der Waals surface area contributed by atoms with Gasteiger partial charge in [0.15, 0.2) is 0 Å². The van der Waals surface area contributed by atoms with Crippen molar-refractivity contribution in [2.24, 2.45) is 5.92 Å². The third kappa shape index (κ3) is 4.83. The van der Waals surface area contributed by atoms with E-state index in [0.717, 1.165) is 54.2 Å². The molecule has 4 rings (SSSR count). The van der Waals surface area contributed by atoms with Gasteiger partial charge in [0.1, 0.15) is 0 Å². The quantitative estimate of drug-likeness (QED) is 0.610. The average molecular weight is 422 g/mol. The lowest BCUT2D eigenvalue weighted by atomic mass is 9.89. The fourth-order valence-corrected chi connectivity index (χ4v) is 4.07. The second-order valence-electron chi connectivity index (χ2n) is 8.07. The molecule has 0 spiro atoms. The van der Waals surface area contributed by atoms with Gasteiger partial charge in [-0.25, -0.2) is 0 Å². The highest BCUT2D eigenvalue weighted by Gasteiger charge is 2.30. The summed E-state index contributed by atoms with van der Waals surface area (Å²) < 4.78 is 38.9.